The smallest absolute Gasteiger partial charge is 0.335 e. The summed E-state index contributed by atoms with van der Waals surface area (Å²) >= 11 is 6.08. The van der Waals surface area contributed by atoms with Crippen molar-refractivity contribution in [1.82, 2.24) is 4.98 Å². The summed E-state index contributed by atoms with van der Waals surface area (Å²) in [6, 6.07) is 10.1. The van der Waals surface area contributed by atoms with Crippen molar-refractivity contribution in [3.8, 4) is 11.5 Å². The van der Waals surface area contributed by atoms with E-state index in [1.54, 1.807) is 12.1 Å². The van der Waals surface area contributed by atoms with Crippen LogP contribution < -0.4 is 0 Å². The molecule has 0 unspecified atom stereocenters. The molecule has 2 aromatic carbocycles. The zero-order valence-corrected chi connectivity index (χ0v) is 11.3. The van der Waals surface area contributed by atoms with E-state index < -0.39 is 5.97 Å². The first kappa shape index (κ1) is 12.7. The van der Waals surface area contributed by atoms with E-state index in [0.29, 0.717) is 22.0 Å². The number of fused-ring (bicyclic) bond motifs is 1. The number of aromatic nitrogens is 1. The zero-order valence-electron chi connectivity index (χ0n) is 10.6. The number of carbonyl (C=O) groups is 1. The Hall–Kier alpha value is -2.33. The number of carboxylic acids is 1. The summed E-state index contributed by atoms with van der Waals surface area (Å²) in [5.41, 5.74) is 2.91. The van der Waals surface area contributed by atoms with Crippen molar-refractivity contribution in [2.75, 3.05) is 0 Å². The Morgan fingerprint density at radius 1 is 1.30 bits per heavy atom. The molecule has 0 radical (unpaired) electrons. The van der Waals surface area contributed by atoms with E-state index in [1.807, 2.05) is 19.1 Å². The molecule has 4 nitrogen and oxygen atoms in total. The maximum absolute atomic E-state index is 10.9. The summed E-state index contributed by atoms with van der Waals surface area (Å²) in [5, 5.41) is 9.61. The van der Waals surface area contributed by atoms with E-state index in [0.717, 1.165) is 11.1 Å². The number of carboxylic acid groups (broad SMARTS) is 1. The monoisotopic (exact) mass is 287 g/mol. The van der Waals surface area contributed by atoms with Crippen LogP contribution >= 0.6 is 11.6 Å². The van der Waals surface area contributed by atoms with Crippen molar-refractivity contribution in [3.63, 3.8) is 0 Å². The Morgan fingerprint density at radius 3 is 2.85 bits per heavy atom. The van der Waals surface area contributed by atoms with Gasteiger partial charge in [0.1, 0.15) is 5.52 Å². The van der Waals surface area contributed by atoms with Crippen LogP contribution in [0.1, 0.15) is 15.9 Å². The molecule has 0 atom stereocenters. The van der Waals surface area contributed by atoms with Gasteiger partial charge in [0.2, 0.25) is 5.89 Å². The van der Waals surface area contributed by atoms with Crippen molar-refractivity contribution in [3.05, 3.63) is 52.5 Å². The molecule has 0 aliphatic heterocycles. The number of halogens is 1. The van der Waals surface area contributed by atoms with Crippen molar-refractivity contribution in [2.24, 2.45) is 0 Å². The standard InChI is InChI=1S/C15H10ClNO3/c1-8-10(3-2-4-11(8)16)14-17-12-7-9(15(18)19)5-6-13(12)20-14/h2-7H,1H3,(H,18,19). The van der Waals surface area contributed by atoms with Gasteiger partial charge in [-0.3, -0.25) is 0 Å². The molecule has 3 rings (SSSR count). The van der Waals surface area contributed by atoms with Crippen LogP contribution in [0, 0.1) is 6.92 Å². The summed E-state index contributed by atoms with van der Waals surface area (Å²) in [5.74, 6) is -0.557. The second-order valence-electron chi connectivity index (χ2n) is 4.42. The molecule has 0 aliphatic rings. The predicted molar refractivity (Wildman–Crippen MR) is 76.2 cm³/mol. The summed E-state index contributed by atoms with van der Waals surface area (Å²) in [7, 11) is 0. The SMILES string of the molecule is Cc1c(Cl)cccc1-c1nc2cc(C(=O)O)ccc2o1. The van der Waals surface area contributed by atoms with Gasteiger partial charge in [0, 0.05) is 10.6 Å². The van der Waals surface area contributed by atoms with Gasteiger partial charge in [-0.15, -0.1) is 0 Å². The molecule has 20 heavy (non-hydrogen) atoms. The molecule has 100 valence electrons. The fraction of sp³-hybridized carbons (Fsp3) is 0.0667. The number of rotatable bonds is 2. The third-order valence-electron chi connectivity index (χ3n) is 3.13. The molecule has 0 amide bonds. The molecule has 0 saturated heterocycles. The van der Waals surface area contributed by atoms with Gasteiger partial charge >= 0.3 is 5.97 Å². The lowest BCUT2D eigenvalue weighted by molar-refractivity contribution is 0.0697. The molecule has 1 heterocycles. The van der Waals surface area contributed by atoms with Crippen LogP contribution in [0.4, 0.5) is 0 Å². The van der Waals surface area contributed by atoms with Gasteiger partial charge in [0.15, 0.2) is 5.58 Å². The minimum absolute atomic E-state index is 0.181. The summed E-state index contributed by atoms with van der Waals surface area (Å²) < 4.78 is 5.66. The number of hydrogen-bond donors (Lipinski definition) is 1. The molecule has 5 heteroatoms. The predicted octanol–water partition coefficient (Wildman–Crippen LogP) is 4.15. The van der Waals surface area contributed by atoms with Crippen molar-refractivity contribution in [2.45, 2.75) is 6.92 Å². The average Bonchev–Trinajstić information content (AvgIpc) is 2.84. The number of aromatic carboxylic acids is 1. The van der Waals surface area contributed by atoms with Crippen molar-refractivity contribution >= 4 is 28.7 Å². The van der Waals surface area contributed by atoms with E-state index in [2.05, 4.69) is 4.98 Å². The minimum Gasteiger partial charge on any atom is -0.478 e. The molecule has 3 aromatic rings. The van der Waals surface area contributed by atoms with Gasteiger partial charge in [0.25, 0.3) is 0 Å². The van der Waals surface area contributed by atoms with Gasteiger partial charge < -0.3 is 9.52 Å². The molecular weight excluding hydrogens is 278 g/mol. The van der Waals surface area contributed by atoms with Crippen LogP contribution in [0.2, 0.25) is 5.02 Å². The quantitative estimate of drug-likeness (QED) is 0.769. The first-order chi connectivity index (χ1) is 9.56. The second kappa shape index (κ2) is 4.65. The molecule has 1 N–H and O–H groups in total. The third kappa shape index (κ3) is 2.04. The highest BCUT2D eigenvalue weighted by Crippen LogP contribution is 2.30. The minimum atomic E-state index is -0.990. The van der Waals surface area contributed by atoms with Crippen LogP contribution in [0.5, 0.6) is 0 Å². The molecule has 0 spiro atoms. The maximum Gasteiger partial charge on any atom is 0.335 e. The van der Waals surface area contributed by atoms with E-state index in [4.69, 9.17) is 21.1 Å². The van der Waals surface area contributed by atoms with Crippen molar-refractivity contribution < 1.29 is 14.3 Å². The number of hydrogen-bond acceptors (Lipinski definition) is 3. The third-order valence-corrected chi connectivity index (χ3v) is 3.54. The zero-order chi connectivity index (χ0) is 14.3. The van der Waals surface area contributed by atoms with Gasteiger partial charge in [-0.05, 0) is 42.8 Å². The van der Waals surface area contributed by atoms with E-state index in [1.165, 1.54) is 12.1 Å². The molecule has 0 saturated carbocycles. The van der Waals surface area contributed by atoms with Crippen LogP contribution in [-0.2, 0) is 0 Å². The highest BCUT2D eigenvalue weighted by molar-refractivity contribution is 6.31. The Bertz CT molecular complexity index is 823. The topological polar surface area (TPSA) is 63.3 Å². The molecule has 0 fully saturated rings. The lowest BCUT2D eigenvalue weighted by Crippen LogP contribution is -1.94. The summed E-state index contributed by atoms with van der Waals surface area (Å²) in [6.45, 7) is 1.88. The van der Waals surface area contributed by atoms with Crippen LogP contribution in [0.25, 0.3) is 22.6 Å². The van der Waals surface area contributed by atoms with Gasteiger partial charge in [-0.2, -0.15) is 0 Å². The Labute approximate surface area is 119 Å². The highest BCUT2D eigenvalue weighted by atomic mass is 35.5. The van der Waals surface area contributed by atoms with E-state index in [9.17, 15) is 4.79 Å². The molecule has 0 bridgehead atoms. The van der Waals surface area contributed by atoms with Gasteiger partial charge in [0.05, 0.1) is 5.56 Å². The fourth-order valence-electron chi connectivity index (χ4n) is 2.01. The Kier molecular flexibility index (Phi) is 2.95. The Balaban J connectivity index is 2.18. The first-order valence-electron chi connectivity index (χ1n) is 5.95. The molecular formula is C15H10ClNO3. The number of nitrogens with zero attached hydrogens (tertiary/aromatic N) is 1. The largest absolute Gasteiger partial charge is 0.478 e. The number of benzene rings is 2. The average molecular weight is 288 g/mol. The second-order valence-corrected chi connectivity index (χ2v) is 4.83. The van der Waals surface area contributed by atoms with Crippen LogP contribution in [-0.4, -0.2) is 16.1 Å². The van der Waals surface area contributed by atoms with Crippen LogP contribution in [0.15, 0.2) is 40.8 Å². The summed E-state index contributed by atoms with van der Waals surface area (Å²) in [6.07, 6.45) is 0. The lowest BCUT2D eigenvalue weighted by atomic mass is 10.1. The molecule has 0 aliphatic carbocycles. The van der Waals surface area contributed by atoms with Gasteiger partial charge in [-0.1, -0.05) is 17.7 Å². The maximum atomic E-state index is 10.9. The van der Waals surface area contributed by atoms with Crippen molar-refractivity contribution in [1.29, 1.82) is 0 Å². The Morgan fingerprint density at radius 2 is 2.10 bits per heavy atom. The van der Waals surface area contributed by atoms with E-state index >= 15 is 0 Å². The summed E-state index contributed by atoms with van der Waals surface area (Å²) in [4.78, 5) is 15.3. The van der Waals surface area contributed by atoms with Crippen LogP contribution in [0.3, 0.4) is 0 Å². The lowest BCUT2D eigenvalue weighted by Gasteiger charge is -2.02. The fourth-order valence-corrected chi connectivity index (χ4v) is 2.19. The van der Waals surface area contributed by atoms with E-state index in [-0.39, 0.29) is 5.56 Å². The highest BCUT2D eigenvalue weighted by Gasteiger charge is 2.13. The first-order valence-corrected chi connectivity index (χ1v) is 6.33. The molecule has 1 aromatic heterocycles. The normalized spacial score (nSPS) is 10.9. The number of oxazole rings is 1. The van der Waals surface area contributed by atoms with Gasteiger partial charge in [-0.25, -0.2) is 9.78 Å².